The van der Waals surface area contributed by atoms with Gasteiger partial charge in [0.1, 0.15) is 0 Å². The summed E-state index contributed by atoms with van der Waals surface area (Å²) < 4.78 is 1.99. The van der Waals surface area contributed by atoms with Crippen molar-refractivity contribution in [1.82, 2.24) is 14.8 Å². The first kappa shape index (κ1) is 13.9. The third-order valence-electron chi connectivity index (χ3n) is 3.11. The molecule has 0 spiro atoms. The quantitative estimate of drug-likeness (QED) is 0.570. The summed E-state index contributed by atoms with van der Waals surface area (Å²) in [5, 5.41) is 3.05. The zero-order valence-electron chi connectivity index (χ0n) is 10.4. The van der Waals surface area contributed by atoms with Crippen LogP contribution >= 0.6 is 34.5 Å². The lowest BCUT2D eigenvalue weighted by atomic mass is 10.0. The predicted molar refractivity (Wildman–Crippen MR) is 83.3 cm³/mol. The van der Waals surface area contributed by atoms with E-state index in [1.807, 2.05) is 34.3 Å². The maximum atomic E-state index is 6.24. The number of rotatable bonds is 4. The Balaban J connectivity index is 1.90. The topological polar surface area (TPSA) is 55.3 Å². The Labute approximate surface area is 130 Å². The van der Waals surface area contributed by atoms with Crippen molar-refractivity contribution in [3.8, 4) is 0 Å². The Morgan fingerprint density at radius 1 is 1.40 bits per heavy atom. The lowest BCUT2D eigenvalue weighted by Crippen LogP contribution is -2.30. The molecule has 0 aliphatic heterocycles. The Kier molecular flexibility index (Phi) is 3.96. The van der Waals surface area contributed by atoms with E-state index in [9.17, 15) is 0 Å². The minimum absolute atomic E-state index is 0.134. The van der Waals surface area contributed by atoms with Gasteiger partial charge in [-0.3, -0.25) is 15.7 Å². The first-order valence-corrected chi connectivity index (χ1v) is 7.63. The van der Waals surface area contributed by atoms with Gasteiger partial charge in [0.05, 0.1) is 21.8 Å². The SMILES string of the molecule is NNC(Cc1cn2ccsc2n1)c1cccc(Cl)c1Cl. The molecule has 104 valence electrons. The van der Waals surface area contributed by atoms with Crippen LogP contribution in [0.15, 0.2) is 36.0 Å². The Morgan fingerprint density at radius 3 is 3.00 bits per heavy atom. The second-order valence-electron chi connectivity index (χ2n) is 4.39. The van der Waals surface area contributed by atoms with Crippen LogP contribution in [0.4, 0.5) is 0 Å². The first-order chi connectivity index (χ1) is 9.69. The number of halogens is 2. The molecule has 0 bridgehead atoms. The zero-order valence-corrected chi connectivity index (χ0v) is 12.7. The molecule has 3 rings (SSSR count). The fourth-order valence-corrected chi connectivity index (χ4v) is 3.29. The highest BCUT2D eigenvalue weighted by atomic mass is 35.5. The third-order valence-corrected chi connectivity index (χ3v) is 4.72. The molecule has 1 unspecified atom stereocenters. The van der Waals surface area contributed by atoms with E-state index in [2.05, 4.69) is 10.4 Å². The monoisotopic (exact) mass is 326 g/mol. The van der Waals surface area contributed by atoms with Crippen LogP contribution in [0.5, 0.6) is 0 Å². The Bertz CT molecular complexity index is 708. The number of imidazole rings is 1. The molecular weight excluding hydrogens is 315 g/mol. The molecule has 1 aromatic carbocycles. The molecule has 3 N–H and O–H groups in total. The van der Waals surface area contributed by atoms with E-state index >= 15 is 0 Å². The molecule has 0 aliphatic rings. The van der Waals surface area contributed by atoms with Gasteiger partial charge in [0.15, 0.2) is 4.96 Å². The zero-order chi connectivity index (χ0) is 14.1. The van der Waals surface area contributed by atoms with E-state index in [4.69, 9.17) is 29.0 Å². The number of thiazole rings is 1. The molecule has 0 saturated heterocycles. The van der Waals surface area contributed by atoms with Crippen LogP contribution in [0.1, 0.15) is 17.3 Å². The lowest BCUT2D eigenvalue weighted by molar-refractivity contribution is 0.547. The van der Waals surface area contributed by atoms with E-state index < -0.39 is 0 Å². The van der Waals surface area contributed by atoms with Gasteiger partial charge in [-0.05, 0) is 11.6 Å². The summed E-state index contributed by atoms with van der Waals surface area (Å²) in [5.41, 5.74) is 4.61. The molecule has 0 aliphatic carbocycles. The number of benzene rings is 1. The molecule has 4 nitrogen and oxygen atoms in total. The van der Waals surface area contributed by atoms with E-state index in [0.29, 0.717) is 16.5 Å². The van der Waals surface area contributed by atoms with Gasteiger partial charge < -0.3 is 0 Å². The van der Waals surface area contributed by atoms with Gasteiger partial charge >= 0.3 is 0 Å². The number of nitrogens with two attached hydrogens (primary N) is 1. The summed E-state index contributed by atoms with van der Waals surface area (Å²) in [7, 11) is 0. The van der Waals surface area contributed by atoms with E-state index in [1.54, 1.807) is 17.4 Å². The van der Waals surface area contributed by atoms with Gasteiger partial charge in [-0.25, -0.2) is 4.98 Å². The van der Waals surface area contributed by atoms with Crippen molar-refractivity contribution in [1.29, 1.82) is 0 Å². The maximum absolute atomic E-state index is 6.24. The second-order valence-corrected chi connectivity index (χ2v) is 6.05. The molecule has 1 atom stereocenters. The predicted octanol–water partition coefficient (Wildman–Crippen LogP) is 3.45. The van der Waals surface area contributed by atoms with Crippen molar-refractivity contribution in [2.45, 2.75) is 12.5 Å². The van der Waals surface area contributed by atoms with Crippen LogP contribution in [0.2, 0.25) is 10.0 Å². The van der Waals surface area contributed by atoms with E-state index in [0.717, 1.165) is 16.2 Å². The lowest BCUT2D eigenvalue weighted by Gasteiger charge is -2.17. The molecule has 20 heavy (non-hydrogen) atoms. The van der Waals surface area contributed by atoms with Gasteiger partial charge in [0.25, 0.3) is 0 Å². The molecule has 0 saturated carbocycles. The highest BCUT2D eigenvalue weighted by molar-refractivity contribution is 7.15. The van der Waals surface area contributed by atoms with Crippen molar-refractivity contribution >= 4 is 39.5 Å². The largest absolute Gasteiger partial charge is 0.297 e. The molecule has 0 fully saturated rings. The Hall–Kier alpha value is -1.11. The molecule has 3 aromatic rings. The normalized spacial score (nSPS) is 12.9. The number of hydrogen-bond acceptors (Lipinski definition) is 4. The van der Waals surface area contributed by atoms with Crippen molar-refractivity contribution in [2.24, 2.45) is 5.84 Å². The van der Waals surface area contributed by atoms with Crippen molar-refractivity contribution in [2.75, 3.05) is 0 Å². The van der Waals surface area contributed by atoms with Crippen LogP contribution in [-0.2, 0) is 6.42 Å². The Morgan fingerprint density at radius 2 is 2.25 bits per heavy atom. The molecule has 2 heterocycles. The van der Waals surface area contributed by atoms with Crippen LogP contribution < -0.4 is 11.3 Å². The molecular formula is C13H12Cl2N4S. The number of nitrogens with one attached hydrogen (secondary N) is 1. The molecule has 0 amide bonds. The average Bonchev–Trinajstić information content (AvgIpc) is 3.00. The highest BCUT2D eigenvalue weighted by Crippen LogP contribution is 2.31. The molecule has 0 radical (unpaired) electrons. The van der Waals surface area contributed by atoms with Crippen molar-refractivity contribution in [3.63, 3.8) is 0 Å². The summed E-state index contributed by atoms with van der Waals surface area (Å²) in [4.78, 5) is 5.51. The summed E-state index contributed by atoms with van der Waals surface area (Å²) in [6.07, 6.45) is 4.62. The van der Waals surface area contributed by atoms with E-state index in [1.165, 1.54) is 0 Å². The third kappa shape index (κ3) is 2.55. The van der Waals surface area contributed by atoms with E-state index in [-0.39, 0.29) is 6.04 Å². The number of hydrogen-bond donors (Lipinski definition) is 2. The van der Waals surface area contributed by atoms with Gasteiger partial charge in [-0.1, -0.05) is 35.3 Å². The number of nitrogens with zero attached hydrogens (tertiary/aromatic N) is 2. The van der Waals surface area contributed by atoms with Gasteiger partial charge in [-0.2, -0.15) is 0 Å². The van der Waals surface area contributed by atoms with Crippen LogP contribution in [0.3, 0.4) is 0 Å². The summed E-state index contributed by atoms with van der Waals surface area (Å²) in [6.45, 7) is 0. The number of aromatic nitrogens is 2. The minimum Gasteiger partial charge on any atom is -0.297 e. The van der Waals surface area contributed by atoms with Gasteiger partial charge in [-0.15, -0.1) is 11.3 Å². The van der Waals surface area contributed by atoms with Crippen molar-refractivity contribution in [3.05, 3.63) is 57.3 Å². The van der Waals surface area contributed by atoms with Crippen LogP contribution in [-0.4, -0.2) is 9.38 Å². The van der Waals surface area contributed by atoms with Gasteiger partial charge in [0.2, 0.25) is 0 Å². The average molecular weight is 327 g/mol. The fraction of sp³-hybridized carbons (Fsp3) is 0.154. The summed E-state index contributed by atoms with van der Waals surface area (Å²) >= 11 is 13.9. The number of fused-ring (bicyclic) bond motifs is 1. The van der Waals surface area contributed by atoms with Crippen LogP contribution in [0, 0.1) is 0 Å². The van der Waals surface area contributed by atoms with Crippen molar-refractivity contribution < 1.29 is 0 Å². The molecule has 7 heteroatoms. The van der Waals surface area contributed by atoms with Crippen LogP contribution in [0.25, 0.3) is 4.96 Å². The van der Waals surface area contributed by atoms with Gasteiger partial charge in [0, 0.05) is 24.2 Å². The first-order valence-electron chi connectivity index (χ1n) is 6.00. The second kappa shape index (κ2) is 5.71. The maximum Gasteiger partial charge on any atom is 0.193 e. The smallest absolute Gasteiger partial charge is 0.193 e. The minimum atomic E-state index is -0.134. The summed E-state index contributed by atoms with van der Waals surface area (Å²) in [6, 6.07) is 5.40. The highest BCUT2D eigenvalue weighted by Gasteiger charge is 2.17. The fourth-order valence-electron chi connectivity index (χ4n) is 2.13. The standard InChI is InChI=1S/C13H12Cl2N4S/c14-10-3-1-2-9(12(10)15)11(18-16)6-8-7-19-4-5-20-13(19)17-8/h1-5,7,11,18H,6,16H2. The molecule has 2 aromatic heterocycles. The number of hydrazine groups is 1. The summed E-state index contributed by atoms with van der Waals surface area (Å²) in [5.74, 6) is 5.66.